The van der Waals surface area contributed by atoms with Gasteiger partial charge < -0.3 is 9.30 Å². The number of methoxy groups -OCH3 is 1. The van der Waals surface area contributed by atoms with Crippen LogP contribution in [0.3, 0.4) is 0 Å². The van der Waals surface area contributed by atoms with Crippen molar-refractivity contribution < 1.29 is 9.53 Å². The summed E-state index contributed by atoms with van der Waals surface area (Å²) in [6, 6.07) is 9.57. The van der Waals surface area contributed by atoms with Gasteiger partial charge in [0.25, 0.3) is 5.91 Å². The molecule has 0 aliphatic heterocycles. The van der Waals surface area contributed by atoms with E-state index in [2.05, 4.69) is 32.4 Å². The molecule has 1 aromatic carbocycles. The number of halogens is 1. The molecule has 0 N–H and O–H groups in total. The Labute approximate surface area is 150 Å². The minimum Gasteiger partial charge on any atom is -0.495 e. The number of para-hydroxylation sites is 1. The second-order valence-corrected chi connectivity index (χ2v) is 8.34. The number of amides is 1. The summed E-state index contributed by atoms with van der Waals surface area (Å²) in [5, 5.41) is 0. The van der Waals surface area contributed by atoms with Crippen LogP contribution in [0.2, 0.25) is 0 Å². The summed E-state index contributed by atoms with van der Waals surface area (Å²) in [4.78, 5) is 18.1. The van der Waals surface area contributed by atoms with Crippen LogP contribution in [0.25, 0.3) is 10.2 Å². The largest absolute Gasteiger partial charge is 0.495 e. The average Bonchev–Trinajstić information content (AvgIpc) is 3.12. The average molecular weight is 411 g/mol. The molecule has 120 valence electrons. The molecule has 23 heavy (non-hydrogen) atoms. The van der Waals surface area contributed by atoms with Crippen LogP contribution in [0.5, 0.6) is 5.75 Å². The Morgan fingerprint density at radius 2 is 2.13 bits per heavy atom. The number of benzene rings is 1. The molecular formula is C16H15BrN2O2S2. The van der Waals surface area contributed by atoms with Gasteiger partial charge in [-0.2, -0.15) is 4.99 Å². The fourth-order valence-corrected chi connectivity index (χ4v) is 4.69. The van der Waals surface area contributed by atoms with Gasteiger partial charge in [-0.1, -0.05) is 24.3 Å². The van der Waals surface area contributed by atoms with E-state index < -0.39 is 0 Å². The van der Waals surface area contributed by atoms with Gasteiger partial charge >= 0.3 is 0 Å². The number of ether oxygens (including phenoxy) is 1. The highest BCUT2D eigenvalue weighted by Crippen LogP contribution is 2.28. The van der Waals surface area contributed by atoms with Crippen molar-refractivity contribution in [3.63, 3.8) is 0 Å². The molecule has 0 saturated heterocycles. The summed E-state index contributed by atoms with van der Waals surface area (Å²) < 4.78 is 9.54. The molecule has 0 unspecified atom stereocenters. The lowest BCUT2D eigenvalue weighted by atomic mass is 10.3. The Balaban J connectivity index is 2.18. The highest BCUT2D eigenvalue weighted by atomic mass is 79.9. The number of rotatable bonds is 4. The minimum atomic E-state index is -0.212. The van der Waals surface area contributed by atoms with Crippen LogP contribution < -0.4 is 9.54 Å². The van der Waals surface area contributed by atoms with E-state index >= 15 is 0 Å². The standard InChI is InChI=1S/C16H15BrN2O2S2/c1-3-9-19-14-10(21-2)5-4-6-11(14)23-16(19)18-15(20)12-7-8-13(17)22-12/h4-8H,3,9H2,1-2H3. The van der Waals surface area contributed by atoms with Crippen LogP contribution in [0, 0.1) is 0 Å². The number of hydrogen-bond donors (Lipinski definition) is 0. The van der Waals surface area contributed by atoms with E-state index in [4.69, 9.17) is 4.74 Å². The minimum absolute atomic E-state index is 0.212. The lowest BCUT2D eigenvalue weighted by Gasteiger charge is -2.06. The summed E-state index contributed by atoms with van der Waals surface area (Å²) in [5.74, 6) is 0.594. The van der Waals surface area contributed by atoms with Crippen molar-refractivity contribution in [3.8, 4) is 5.75 Å². The van der Waals surface area contributed by atoms with Crippen molar-refractivity contribution >= 4 is 54.7 Å². The third-order valence-corrected chi connectivity index (χ3v) is 5.97. The summed E-state index contributed by atoms with van der Waals surface area (Å²) >= 11 is 6.28. The second-order valence-electron chi connectivity index (χ2n) is 4.86. The van der Waals surface area contributed by atoms with E-state index in [0.717, 1.165) is 32.7 Å². The SMILES string of the molecule is CCCn1c(=NC(=O)c2ccc(Br)s2)sc2cccc(OC)c21. The number of aromatic nitrogens is 1. The van der Waals surface area contributed by atoms with Crippen molar-refractivity contribution in [2.24, 2.45) is 4.99 Å². The molecule has 0 aliphatic carbocycles. The van der Waals surface area contributed by atoms with E-state index in [1.807, 2.05) is 24.3 Å². The van der Waals surface area contributed by atoms with Crippen LogP contribution in [-0.4, -0.2) is 17.6 Å². The van der Waals surface area contributed by atoms with Gasteiger partial charge in [0.2, 0.25) is 0 Å². The first kappa shape index (κ1) is 16.4. The van der Waals surface area contributed by atoms with Gasteiger partial charge in [-0.05, 0) is 46.6 Å². The molecule has 0 radical (unpaired) electrons. The Bertz CT molecular complexity index is 924. The van der Waals surface area contributed by atoms with Gasteiger partial charge in [0, 0.05) is 6.54 Å². The smallest absolute Gasteiger partial charge is 0.289 e. The molecular weight excluding hydrogens is 396 g/mol. The molecule has 3 aromatic rings. The third kappa shape index (κ3) is 3.27. The molecule has 3 rings (SSSR count). The Morgan fingerprint density at radius 3 is 2.78 bits per heavy atom. The van der Waals surface area contributed by atoms with Gasteiger partial charge in [0.1, 0.15) is 11.3 Å². The first-order chi connectivity index (χ1) is 11.1. The third-order valence-electron chi connectivity index (χ3n) is 3.31. The van der Waals surface area contributed by atoms with Gasteiger partial charge in [0.05, 0.1) is 20.5 Å². The van der Waals surface area contributed by atoms with Gasteiger partial charge in [-0.15, -0.1) is 11.3 Å². The number of carbonyl (C=O) groups is 1. The molecule has 0 spiro atoms. The number of aryl methyl sites for hydroxylation is 1. The summed E-state index contributed by atoms with van der Waals surface area (Å²) in [5.41, 5.74) is 1.00. The van der Waals surface area contributed by atoms with E-state index in [1.165, 1.54) is 22.7 Å². The molecule has 2 heterocycles. The zero-order valence-corrected chi connectivity index (χ0v) is 15.9. The number of nitrogens with zero attached hydrogens (tertiary/aromatic N) is 2. The number of thiazole rings is 1. The van der Waals surface area contributed by atoms with Crippen molar-refractivity contribution in [1.82, 2.24) is 4.57 Å². The van der Waals surface area contributed by atoms with Crippen LogP contribution in [0.15, 0.2) is 39.1 Å². The highest BCUT2D eigenvalue weighted by molar-refractivity contribution is 9.11. The van der Waals surface area contributed by atoms with Crippen molar-refractivity contribution in [2.75, 3.05) is 7.11 Å². The topological polar surface area (TPSA) is 43.6 Å². The molecule has 0 aliphatic rings. The van der Waals surface area contributed by atoms with Gasteiger partial charge in [0.15, 0.2) is 4.80 Å². The first-order valence-electron chi connectivity index (χ1n) is 7.14. The van der Waals surface area contributed by atoms with E-state index in [-0.39, 0.29) is 5.91 Å². The lowest BCUT2D eigenvalue weighted by molar-refractivity contribution is 0.100. The number of thiophene rings is 1. The van der Waals surface area contributed by atoms with Crippen LogP contribution >= 0.6 is 38.6 Å². The lowest BCUT2D eigenvalue weighted by Crippen LogP contribution is -2.16. The van der Waals surface area contributed by atoms with Gasteiger partial charge in [-0.25, -0.2) is 0 Å². The van der Waals surface area contributed by atoms with Crippen molar-refractivity contribution in [1.29, 1.82) is 0 Å². The second kappa shape index (κ2) is 6.98. The fraction of sp³-hybridized carbons (Fsp3) is 0.250. The maximum Gasteiger partial charge on any atom is 0.289 e. The molecule has 4 nitrogen and oxygen atoms in total. The molecule has 0 fully saturated rings. The normalized spacial score (nSPS) is 12.0. The Morgan fingerprint density at radius 1 is 1.30 bits per heavy atom. The van der Waals surface area contributed by atoms with E-state index in [9.17, 15) is 4.79 Å². The quantitative estimate of drug-likeness (QED) is 0.626. The summed E-state index contributed by atoms with van der Waals surface area (Å²) in [6.45, 7) is 2.90. The summed E-state index contributed by atoms with van der Waals surface area (Å²) in [7, 11) is 1.66. The fourth-order valence-electron chi connectivity index (χ4n) is 2.35. The van der Waals surface area contributed by atoms with E-state index in [1.54, 1.807) is 13.2 Å². The molecule has 7 heteroatoms. The maximum atomic E-state index is 12.4. The van der Waals surface area contributed by atoms with E-state index in [0.29, 0.717) is 9.68 Å². The van der Waals surface area contributed by atoms with Crippen molar-refractivity contribution in [3.05, 3.63) is 43.8 Å². The zero-order valence-electron chi connectivity index (χ0n) is 12.7. The predicted molar refractivity (Wildman–Crippen MR) is 98.6 cm³/mol. The molecule has 0 bridgehead atoms. The zero-order chi connectivity index (χ0) is 16.4. The number of carbonyl (C=O) groups excluding carboxylic acids is 1. The van der Waals surface area contributed by atoms with Crippen LogP contribution in [0.1, 0.15) is 23.0 Å². The summed E-state index contributed by atoms with van der Waals surface area (Å²) in [6.07, 6.45) is 0.954. The molecule has 0 saturated carbocycles. The van der Waals surface area contributed by atoms with Crippen molar-refractivity contribution in [2.45, 2.75) is 19.9 Å². The Kier molecular flexibility index (Phi) is 4.99. The molecule has 0 atom stereocenters. The maximum absolute atomic E-state index is 12.4. The van der Waals surface area contributed by atoms with Crippen LogP contribution in [-0.2, 0) is 6.54 Å². The van der Waals surface area contributed by atoms with Gasteiger partial charge in [-0.3, -0.25) is 4.79 Å². The highest BCUT2D eigenvalue weighted by Gasteiger charge is 2.13. The monoisotopic (exact) mass is 410 g/mol. The predicted octanol–water partition coefficient (Wildman–Crippen LogP) is 4.69. The number of hydrogen-bond acceptors (Lipinski definition) is 4. The first-order valence-corrected chi connectivity index (χ1v) is 9.57. The molecule has 1 amide bonds. The molecule has 2 aromatic heterocycles. The van der Waals surface area contributed by atoms with Crippen LogP contribution in [0.4, 0.5) is 0 Å². The Hall–Kier alpha value is -1.44. The number of fused-ring (bicyclic) bond motifs is 1.